The van der Waals surface area contributed by atoms with Crippen molar-refractivity contribution >= 4 is 5.91 Å². The molecule has 0 spiro atoms. The number of rotatable bonds is 7. The Bertz CT molecular complexity index is 453. The summed E-state index contributed by atoms with van der Waals surface area (Å²) in [4.78, 5) is 12.0. The molecule has 1 atom stereocenters. The zero-order valence-electron chi connectivity index (χ0n) is 12.5. The molecule has 1 aliphatic heterocycles. The minimum absolute atomic E-state index is 0.171. The van der Waals surface area contributed by atoms with Crippen molar-refractivity contribution in [3.63, 3.8) is 0 Å². The van der Waals surface area contributed by atoms with Gasteiger partial charge in [0.25, 0.3) is 5.91 Å². The number of aliphatic hydroxyl groups is 1. The fourth-order valence-corrected chi connectivity index (χ4v) is 2.27. The SMILES string of the molecule is CCCCOc1ccc(C(=O)NCC2(O)CCNC2)cc1. The molecule has 1 fully saturated rings. The van der Waals surface area contributed by atoms with Gasteiger partial charge in [-0.3, -0.25) is 4.79 Å². The topological polar surface area (TPSA) is 70.6 Å². The number of carbonyl (C=O) groups is 1. The average molecular weight is 292 g/mol. The highest BCUT2D eigenvalue weighted by Gasteiger charge is 2.31. The van der Waals surface area contributed by atoms with Crippen LogP contribution in [-0.4, -0.2) is 42.9 Å². The van der Waals surface area contributed by atoms with Gasteiger partial charge in [0, 0.05) is 18.7 Å². The molecule has 1 aliphatic rings. The van der Waals surface area contributed by atoms with E-state index in [0.717, 1.165) is 25.1 Å². The third kappa shape index (κ3) is 4.72. The molecule has 2 rings (SSSR count). The van der Waals surface area contributed by atoms with Crippen LogP contribution in [0.4, 0.5) is 0 Å². The molecule has 21 heavy (non-hydrogen) atoms. The van der Waals surface area contributed by atoms with Crippen molar-refractivity contribution in [3.05, 3.63) is 29.8 Å². The van der Waals surface area contributed by atoms with Crippen molar-refractivity contribution in [2.75, 3.05) is 26.2 Å². The molecule has 1 saturated heterocycles. The summed E-state index contributed by atoms with van der Waals surface area (Å²) >= 11 is 0. The smallest absolute Gasteiger partial charge is 0.251 e. The Morgan fingerprint density at radius 3 is 2.81 bits per heavy atom. The van der Waals surface area contributed by atoms with E-state index >= 15 is 0 Å². The molecule has 5 nitrogen and oxygen atoms in total. The standard InChI is InChI=1S/C16H24N2O3/c1-2-3-10-21-14-6-4-13(5-7-14)15(19)18-12-16(20)8-9-17-11-16/h4-7,17,20H,2-3,8-12H2,1H3,(H,18,19). The number of amides is 1. The molecule has 1 aromatic carbocycles. The number of unbranched alkanes of at least 4 members (excludes halogenated alkanes) is 1. The normalized spacial score (nSPS) is 21.2. The predicted octanol–water partition coefficient (Wildman–Crippen LogP) is 1.32. The summed E-state index contributed by atoms with van der Waals surface area (Å²) in [6.45, 7) is 4.40. The van der Waals surface area contributed by atoms with Gasteiger partial charge in [0.05, 0.1) is 12.2 Å². The van der Waals surface area contributed by atoms with E-state index in [2.05, 4.69) is 17.6 Å². The Morgan fingerprint density at radius 2 is 2.19 bits per heavy atom. The number of β-amino-alcohol motifs (C(OH)–C–C–N with tert-alkyl or cyclic N) is 1. The Balaban J connectivity index is 1.82. The minimum atomic E-state index is -0.821. The molecule has 0 bridgehead atoms. The highest BCUT2D eigenvalue weighted by atomic mass is 16.5. The predicted molar refractivity (Wildman–Crippen MR) is 81.6 cm³/mol. The van der Waals surface area contributed by atoms with Crippen LogP contribution < -0.4 is 15.4 Å². The van der Waals surface area contributed by atoms with Gasteiger partial charge in [0.1, 0.15) is 5.75 Å². The van der Waals surface area contributed by atoms with E-state index in [0.29, 0.717) is 25.1 Å². The summed E-state index contributed by atoms with van der Waals surface area (Å²) in [6, 6.07) is 7.09. The lowest BCUT2D eigenvalue weighted by atomic mass is 10.0. The third-order valence-electron chi connectivity index (χ3n) is 3.68. The summed E-state index contributed by atoms with van der Waals surface area (Å²) in [6.07, 6.45) is 2.78. The van der Waals surface area contributed by atoms with Gasteiger partial charge in [-0.15, -0.1) is 0 Å². The van der Waals surface area contributed by atoms with E-state index in [9.17, 15) is 9.90 Å². The molecule has 5 heteroatoms. The number of hydrogen-bond acceptors (Lipinski definition) is 4. The average Bonchev–Trinajstić information content (AvgIpc) is 2.93. The van der Waals surface area contributed by atoms with E-state index < -0.39 is 5.60 Å². The van der Waals surface area contributed by atoms with Crippen molar-refractivity contribution in [1.82, 2.24) is 10.6 Å². The molecule has 0 aliphatic carbocycles. The molecule has 0 saturated carbocycles. The van der Waals surface area contributed by atoms with Crippen molar-refractivity contribution < 1.29 is 14.6 Å². The number of nitrogens with one attached hydrogen (secondary N) is 2. The molecule has 3 N–H and O–H groups in total. The van der Waals surface area contributed by atoms with Crippen LogP contribution in [0, 0.1) is 0 Å². The molecule has 116 valence electrons. The van der Waals surface area contributed by atoms with E-state index in [1.165, 1.54) is 0 Å². The summed E-state index contributed by atoms with van der Waals surface area (Å²) in [5, 5.41) is 16.0. The van der Waals surface area contributed by atoms with Crippen molar-refractivity contribution in [1.29, 1.82) is 0 Å². The number of carbonyl (C=O) groups excluding carboxylic acids is 1. The highest BCUT2D eigenvalue weighted by molar-refractivity contribution is 5.94. The first-order valence-corrected chi connectivity index (χ1v) is 7.57. The number of benzene rings is 1. The van der Waals surface area contributed by atoms with Crippen molar-refractivity contribution in [2.24, 2.45) is 0 Å². The van der Waals surface area contributed by atoms with Crippen LogP contribution in [0.15, 0.2) is 24.3 Å². The van der Waals surface area contributed by atoms with Crippen LogP contribution in [0.3, 0.4) is 0 Å². The van der Waals surface area contributed by atoms with Crippen LogP contribution in [0.25, 0.3) is 0 Å². The molecule has 1 unspecified atom stereocenters. The van der Waals surface area contributed by atoms with Crippen LogP contribution in [0.5, 0.6) is 5.75 Å². The highest BCUT2D eigenvalue weighted by Crippen LogP contribution is 2.15. The molecule has 0 radical (unpaired) electrons. The van der Waals surface area contributed by atoms with Crippen LogP contribution in [0.1, 0.15) is 36.5 Å². The van der Waals surface area contributed by atoms with E-state index in [4.69, 9.17) is 4.74 Å². The zero-order chi connectivity index (χ0) is 15.1. The van der Waals surface area contributed by atoms with E-state index in [-0.39, 0.29) is 12.5 Å². The molecular formula is C16H24N2O3. The molecule has 1 heterocycles. The number of hydrogen-bond donors (Lipinski definition) is 3. The summed E-state index contributed by atoms with van der Waals surface area (Å²) in [5.74, 6) is 0.606. The molecular weight excluding hydrogens is 268 g/mol. The lowest BCUT2D eigenvalue weighted by Gasteiger charge is -2.21. The Labute approximate surface area is 125 Å². The first kappa shape index (κ1) is 15.8. The lowest BCUT2D eigenvalue weighted by molar-refractivity contribution is 0.0562. The van der Waals surface area contributed by atoms with Crippen molar-refractivity contribution in [2.45, 2.75) is 31.8 Å². The Hall–Kier alpha value is -1.59. The van der Waals surface area contributed by atoms with Crippen LogP contribution in [-0.2, 0) is 0 Å². The molecule has 0 aromatic heterocycles. The first-order chi connectivity index (χ1) is 10.1. The fourth-order valence-electron chi connectivity index (χ4n) is 2.27. The molecule has 1 aromatic rings. The fraction of sp³-hybridized carbons (Fsp3) is 0.562. The number of ether oxygens (including phenoxy) is 1. The van der Waals surface area contributed by atoms with Crippen molar-refractivity contribution in [3.8, 4) is 5.75 Å². The van der Waals surface area contributed by atoms with E-state index in [1.54, 1.807) is 24.3 Å². The van der Waals surface area contributed by atoms with Gasteiger partial charge in [-0.05, 0) is 43.7 Å². The Morgan fingerprint density at radius 1 is 1.43 bits per heavy atom. The second-order valence-electron chi connectivity index (χ2n) is 5.56. The van der Waals surface area contributed by atoms with Gasteiger partial charge in [-0.25, -0.2) is 0 Å². The summed E-state index contributed by atoms with van der Waals surface area (Å²) < 4.78 is 5.56. The second kappa shape index (κ2) is 7.43. The quantitative estimate of drug-likeness (QED) is 0.663. The molecule has 1 amide bonds. The first-order valence-electron chi connectivity index (χ1n) is 7.57. The largest absolute Gasteiger partial charge is 0.494 e. The van der Waals surface area contributed by atoms with Gasteiger partial charge in [0.2, 0.25) is 0 Å². The van der Waals surface area contributed by atoms with Gasteiger partial charge in [0.15, 0.2) is 0 Å². The zero-order valence-corrected chi connectivity index (χ0v) is 12.5. The van der Waals surface area contributed by atoms with Crippen LogP contribution >= 0.6 is 0 Å². The third-order valence-corrected chi connectivity index (χ3v) is 3.68. The van der Waals surface area contributed by atoms with Gasteiger partial charge in [-0.1, -0.05) is 13.3 Å². The maximum absolute atomic E-state index is 12.0. The lowest BCUT2D eigenvalue weighted by Crippen LogP contribution is -2.44. The monoisotopic (exact) mass is 292 g/mol. The van der Waals surface area contributed by atoms with Gasteiger partial charge in [-0.2, -0.15) is 0 Å². The van der Waals surface area contributed by atoms with Gasteiger partial charge < -0.3 is 20.5 Å². The van der Waals surface area contributed by atoms with Gasteiger partial charge >= 0.3 is 0 Å². The summed E-state index contributed by atoms with van der Waals surface area (Å²) in [5.41, 5.74) is -0.244. The van der Waals surface area contributed by atoms with E-state index in [1.807, 2.05) is 0 Å². The minimum Gasteiger partial charge on any atom is -0.494 e. The Kier molecular flexibility index (Phi) is 5.59. The second-order valence-corrected chi connectivity index (χ2v) is 5.56. The maximum atomic E-state index is 12.0. The summed E-state index contributed by atoms with van der Waals surface area (Å²) in [7, 11) is 0. The maximum Gasteiger partial charge on any atom is 0.251 e. The van der Waals surface area contributed by atoms with Crippen LogP contribution in [0.2, 0.25) is 0 Å².